The Morgan fingerprint density at radius 2 is 2.29 bits per heavy atom. The molecule has 1 unspecified atom stereocenters. The maximum atomic E-state index is 11.5. The van der Waals surface area contributed by atoms with E-state index in [0.717, 1.165) is 32.4 Å². The fourth-order valence-corrected chi connectivity index (χ4v) is 2.09. The Kier molecular flexibility index (Phi) is 4.94. The van der Waals surface area contributed by atoms with Crippen molar-refractivity contribution >= 4 is 5.91 Å². The van der Waals surface area contributed by atoms with Gasteiger partial charge < -0.3 is 10.0 Å². The fourth-order valence-electron chi connectivity index (χ4n) is 2.09. The fraction of sp³-hybridized carbons (Fsp3) is 0.909. The first-order valence-electron chi connectivity index (χ1n) is 5.66. The Hall–Kier alpha value is -0.570. The van der Waals surface area contributed by atoms with E-state index in [4.69, 9.17) is 5.11 Å². The maximum Gasteiger partial charge on any atom is 0.222 e. The zero-order valence-corrected chi connectivity index (χ0v) is 9.04. The number of rotatable bonds is 6. The third-order valence-electron chi connectivity index (χ3n) is 2.83. The van der Waals surface area contributed by atoms with Crippen molar-refractivity contribution in [3.8, 4) is 0 Å². The lowest BCUT2D eigenvalue weighted by molar-refractivity contribution is -0.127. The van der Waals surface area contributed by atoms with Crippen LogP contribution in [0.25, 0.3) is 0 Å². The minimum atomic E-state index is 0.237. The van der Waals surface area contributed by atoms with Gasteiger partial charge in [-0.15, -0.1) is 0 Å². The Morgan fingerprint density at radius 1 is 1.50 bits per heavy atom. The minimum Gasteiger partial charge on any atom is -0.396 e. The Balaban J connectivity index is 2.22. The third kappa shape index (κ3) is 3.29. The van der Waals surface area contributed by atoms with Gasteiger partial charge in [-0.25, -0.2) is 0 Å². The highest BCUT2D eigenvalue weighted by molar-refractivity contribution is 5.78. The summed E-state index contributed by atoms with van der Waals surface area (Å²) in [5.74, 6) is 0.892. The molecule has 3 nitrogen and oxygen atoms in total. The number of carbonyl (C=O) groups excluding carboxylic acids is 1. The molecule has 0 aromatic rings. The summed E-state index contributed by atoms with van der Waals surface area (Å²) >= 11 is 0. The van der Waals surface area contributed by atoms with E-state index in [1.165, 1.54) is 12.8 Å². The second-order valence-corrected chi connectivity index (χ2v) is 4.13. The van der Waals surface area contributed by atoms with E-state index >= 15 is 0 Å². The van der Waals surface area contributed by atoms with Crippen LogP contribution in [0.1, 0.15) is 39.0 Å². The molecule has 1 fully saturated rings. The number of aliphatic hydroxyl groups excluding tert-OH is 1. The predicted molar refractivity (Wildman–Crippen MR) is 55.9 cm³/mol. The van der Waals surface area contributed by atoms with Crippen molar-refractivity contribution in [3.05, 3.63) is 0 Å². The standard InChI is InChI=1S/C11H21NO2/c1-2-5-10-8-11(14)12(9-10)6-3-4-7-13/h10,13H,2-9H2,1H3. The molecule has 0 aromatic carbocycles. The highest BCUT2D eigenvalue weighted by Crippen LogP contribution is 2.22. The smallest absolute Gasteiger partial charge is 0.222 e. The number of amides is 1. The number of nitrogens with zero attached hydrogens (tertiary/aromatic N) is 1. The van der Waals surface area contributed by atoms with Gasteiger partial charge in [-0.2, -0.15) is 0 Å². The molecule has 0 aliphatic carbocycles. The molecule has 0 radical (unpaired) electrons. The minimum absolute atomic E-state index is 0.237. The van der Waals surface area contributed by atoms with Gasteiger partial charge in [0.15, 0.2) is 0 Å². The first-order valence-corrected chi connectivity index (χ1v) is 5.66. The van der Waals surface area contributed by atoms with Gasteiger partial charge in [0.25, 0.3) is 0 Å². The largest absolute Gasteiger partial charge is 0.396 e. The van der Waals surface area contributed by atoms with E-state index < -0.39 is 0 Å². The number of carbonyl (C=O) groups is 1. The van der Waals surface area contributed by atoms with Crippen LogP contribution in [0.15, 0.2) is 0 Å². The van der Waals surface area contributed by atoms with Crippen LogP contribution >= 0.6 is 0 Å². The first-order chi connectivity index (χ1) is 6.77. The van der Waals surface area contributed by atoms with Crippen LogP contribution in [-0.4, -0.2) is 35.6 Å². The summed E-state index contributed by atoms with van der Waals surface area (Å²) in [5.41, 5.74) is 0. The van der Waals surface area contributed by atoms with Gasteiger partial charge in [-0.1, -0.05) is 13.3 Å². The molecule has 1 atom stereocenters. The summed E-state index contributed by atoms with van der Waals surface area (Å²) in [5, 5.41) is 8.64. The van der Waals surface area contributed by atoms with Gasteiger partial charge in [0.2, 0.25) is 5.91 Å². The van der Waals surface area contributed by atoms with E-state index in [1.807, 2.05) is 4.90 Å². The number of aliphatic hydroxyl groups is 1. The van der Waals surface area contributed by atoms with Gasteiger partial charge in [0.1, 0.15) is 0 Å². The molecule has 82 valence electrons. The quantitative estimate of drug-likeness (QED) is 0.657. The second kappa shape index (κ2) is 6.02. The van der Waals surface area contributed by atoms with Gasteiger partial charge in [0.05, 0.1) is 0 Å². The molecule has 14 heavy (non-hydrogen) atoms. The highest BCUT2D eigenvalue weighted by atomic mass is 16.2. The third-order valence-corrected chi connectivity index (χ3v) is 2.83. The monoisotopic (exact) mass is 199 g/mol. The zero-order valence-electron chi connectivity index (χ0n) is 9.04. The van der Waals surface area contributed by atoms with E-state index in [0.29, 0.717) is 11.8 Å². The van der Waals surface area contributed by atoms with Crippen molar-refractivity contribution < 1.29 is 9.90 Å². The van der Waals surface area contributed by atoms with Gasteiger partial charge in [-0.3, -0.25) is 4.79 Å². The SMILES string of the molecule is CCCC1CC(=O)N(CCCCO)C1. The first kappa shape index (κ1) is 11.5. The van der Waals surface area contributed by atoms with Crippen LogP contribution < -0.4 is 0 Å². The molecule has 1 rings (SSSR count). The average Bonchev–Trinajstić information content (AvgIpc) is 2.48. The number of unbranched alkanes of at least 4 members (excludes halogenated alkanes) is 1. The topological polar surface area (TPSA) is 40.5 Å². The lowest BCUT2D eigenvalue weighted by Crippen LogP contribution is -2.26. The molecular formula is C11H21NO2. The molecule has 1 aliphatic rings. The number of likely N-dealkylation sites (tertiary alicyclic amines) is 1. The summed E-state index contributed by atoms with van der Waals surface area (Å²) in [6.07, 6.45) is 4.82. The molecule has 1 aliphatic heterocycles. The van der Waals surface area contributed by atoms with Gasteiger partial charge in [0, 0.05) is 26.1 Å². The van der Waals surface area contributed by atoms with Crippen LogP contribution in [0.4, 0.5) is 0 Å². The van der Waals surface area contributed by atoms with Crippen molar-refractivity contribution in [3.63, 3.8) is 0 Å². The van der Waals surface area contributed by atoms with E-state index in [9.17, 15) is 4.79 Å². The zero-order chi connectivity index (χ0) is 10.4. The van der Waals surface area contributed by atoms with Crippen LogP contribution in [0.2, 0.25) is 0 Å². The van der Waals surface area contributed by atoms with E-state index in [2.05, 4.69) is 6.92 Å². The van der Waals surface area contributed by atoms with E-state index in [1.54, 1.807) is 0 Å². The molecular weight excluding hydrogens is 178 g/mol. The van der Waals surface area contributed by atoms with Gasteiger partial charge in [-0.05, 0) is 25.2 Å². The molecule has 0 spiro atoms. The maximum absolute atomic E-state index is 11.5. The van der Waals surface area contributed by atoms with Crippen molar-refractivity contribution in [2.45, 2.75) is 39.0 Å². The van der Waals surface area contributed by atoms with Crippen molar-refractivity contribution in [1.82, 2.24) is 4.90 Å². The van der Waals surface area contributed by atoms with E-state index in [-0.39, 0.29) is 6.61 Å². The van der Waals surface area contributed by atoms with Crippen LogP contribution in [-0.2, 0) is 4.79 Å². The molecule has 0 saturated carbocycles. The number of hydrogen-bond acceptors (Lipinski definition) is 2. The highest BCUT2D eigenvalue weighted by Gasteiger charge is 2.27. The summed E-state index contributed by atoms with van der Waals surface area (Å²) in [4.78, 5) is 13.5. The summed E-state index contributed by atoms with van der Waals surface area (Å²) < 4.78 is 0. The Bertz CT molecular complexity index is 182. The second-order valence-electron chi connectivity index (χ2n) is 4.13. The molecule has 0 aromatic heterocycles. The molecule has 1 saturated heterocycles. The van der Waals surface area contributed by atoms with Crippen molar-refractivity contribution in [2.75, 3.05) is 19.7 Å². The Morgan fingerprint density at radius 3 is 2.93 bits per heavy atom. The lowest BCUT2D eigenvalue weighted by atomic mass is 10.0. The van der Waals surface area contributed by atoms with Crippen LogP contribution in [0, 0.1) is 5.92 Å². The summed E-state index contributed by atoms with van der Waals surface area (Å²) in [6.45, 7) is 4.18. The molecule has 0 bridgehead atoms. The van der Waals surface area contributed by atoms with Crippen LogP contribution in [0.5, 0.6) is 0 Å². The Labute approximate surface area is 86.1 Å². The van der Waals surface area contributed by atoms with Gasteiger partial charge >= 0.3 is 0 Å². The average molecular weight is 199 g/mol. The molecule has 1 heterocycles. The summed E-state index contributed by atoms with van der Waals surface area (Å²) in [7, 11) is 0. The normalized spacial score (nSPS) is 22.0. The predicted octanol–water partition coefficient (Wildman–Crippen LogP) is 1.41. The van der Waals surface area contributed by atoms with Crippen molar-refractivity contribution in [2.24, 2.45) is 5.92 Å². The molecule has 3 heteroatoms. The van der Waals surface area contributed by atoms with Crippen molar-refractivity contribution in [1.29, 1.82) is 0 Å². The molecule has 1 amide bonds. The number of hydrogen-bond donors (Lipinski definition) is 1. The lowest BCUT2D eigenvalue weighted by Gasteiger charge is -2.15. The van der Waals surface area contributed by atoms with Crippen LogP contribution in [0.3, 0.4) is 0 Å². The summed E-state index contributed by atoms with van der Waals surface area (Å²) in [6, 6.07) is 0. The molecule has 1 N–H and O–H groups in total.